The van der Waals surface area contributed by atoms with E-state index in [1.807, 2.05) is 0 Å². The number of alkyl carbamates (subject to hydrolysis) is 1. The van der Waals surface area contributed by atoms with Crippen molar-refractivity contribution in [2.24, 2.45) is 0 Å². The maximum Gasteiger partial charge on any atom is 0.407 e. The molecule has 13 heavy (non-hydrogen) atoms. The topological polar surface area (TPSA) is 50.4 Å². The second-order valence-corrected chi connectivity index (χ2v) is 4.47. The van der Waals surface area contributed by atoms with E-state index in [9.17, 15) is 4.79 Å². The molecule has 4 nitrogen and oxygen atoms in total. The lowest BCUT2D eigenvalue weighted by Gasteiger charge is -2.35. The fraction of sp³-hybridized carbons (Fsp3) is 0.889. The highest BCUT2D eigenvalue weighted by Crippen LogP contribution is 2.37. The first-order valence-corrected chi connectivity index (χ1v) is 4.99. The van der Waals surface area contributed by atoms with Crippen LogP contribution in [0.4, 0.5) is 4.79 Å². The molecule has 1 spiro atoms. The van der Waals surface area contributed by atoms with Gasteiger partial charge in [-0.15, -0.1) is 0 Å². The molecule has 3 atom stereocenters. The molecule has 0 aromatic rings. The van der Waals surface area contributed by atoms with Gasteiger partial charge in [0, 0.05) is 24.9 Å². The van der Waals surface area contributed by atoms with E-state index < -0.39 is 0 Å². The normalized spacial score (nSPS) is 47.8. The minimum Gasteiger partial charge on any atom is -0.441 e. The van der Waals surface area contributed by atoms with Crippen LogP contribution in [-0.2, 0) is 4.74 Å². The predicted molar refractivity (Wildman–Crippen MR) is 46.4 cm³/mol. The molecule has 0 saturated carbocycles. The number of piperidine rings is 1. The Labute approximate surface area is 77.0 Å². The predicted octanol–water partition coefficient (Wildman–Crippen LogP) is 0.379. The zero-order valence-electron chi connectivity index (χ0n) is 7.51. The average molecular weight is 182 g/mol. The Bertz CT molecular complexity index is 242. The molecule has 4 heteroatoms. The third-order valence-corrected chi connectivity index (χ3v) is 3.44. The monoisotopic (exact) mass is 182 g/mol. The van der Waals surface area contributed by atoms with Gasteiger partial charge in [0.05, 0.1) is 6.54 Å². The molecule has 0 aromatic heterocycles. The first-order chi connectivity index (χ1) is 6.26. The molecule has 3 rings (SSSR count). The quantitative estimate of drug-likeness (QED) is 0.569. The zero-order valence-corrected chi connectivity index (χ0v) is 7.51. The highest BCUT2D eigenvalue weighted by atomic mass is 16.6. The van der Waals surface area contributed by atoms with E-state index in [1.165, 1.54) is 12.8 Å². The van der Waals surface area contributed by atoms with Gasteiger partial charge in [0.1, 0.15) is 5.60 Å². The lowest BCUT2D eigenvalue weighted by atomic mass is 9.88. The van der Waals surface area contributed by atoms with Crippen LogP contribution in [0.5, 0.6) is 0 Å². The van der Waals surface area contributed by atoms with Crippen molar-refractivity contribution in [3.63, 3.8) is 0 Å². The summed E-state index contributed by atoms with van der Waals surface area (Å²) < 4.78 is 5.38. The molecule has 3 fully saturated rings. The van der Waals surface area contributed by atoms with Crippen molar-refractivity contribution in [1.82, 2.24) is 10.6 Å². The highest BCUT2D eigenvalue weighted by molar-refractivity contribution is 5.70. The summed E-state index contributed by atoms with van der Waals surface area (Å²) in [5.74, 6) is 0. The van der Waals surface area contributed by atoms with Crippen LogP contribution in [0, 0.1) is 0 Å². The Morgan fingerprint density at radius 1 is 1.31 bits per heavy atom. The van der Waals surface area contributed by atoms with Crippen molar-refractivity contribution in [3.8, 4) is 0 Å². The number of carbonyl (C=O) groups excluding carboxylic acids is 1. The number of hydrogen-bond donors (Lipinski definition) is 2. The van der Waals surface area contributed by atoms with Crippen LogP contribution in [0.2, 0.25) is 0 Å². The van der Waals surface area contributed by atoms with Crippen LogP contribution >= 0.6 is 0 Å². The molecule has 0 aliphatic carbocycles. The van der Waals surface area contributed by atoms with Crippen molar-refractivity contribution >= 4 is 6.09 Å². The number of fused-ring (bicyclic) bond motifs is 2. The Hall–Kier alpha value is -0.770. The third kappa shape index (κ3) is 1.12. The highest BCUT2D eigenvalue weighted by Gasteiger charge is 2.49. The Balaban J connectivity index is 1.81. The molecular formula is C9H14N2O2. The van der Waals surface area contributed by atoms with Gasteiger partial charge in [0.25, 0.3) is 0 Å². The molecule has 3 saturated heterocycles. The number of rotatable bonds is 0. The maximum atomic E-state index is 11.0. The minimum absolute atomic E-state index is 0.172. The number of ether oxygens (including phenoxy) is 1. The summed E-state index contributed by atoms with van der Waals surface area (Å²) in [6, 6.07) is 1.15. The van der Waals surface area contributed by atoms with E-state index >= 15 is 0 Å². The fourth-order valence-electron chi connectivity index (χ4n) is 2.94. The first-order valence-electron chi connectivity index (χ1n) is 4.99. The third-order valence-electron chi connectivity index (χ3n) is 3.44. The van der Waals surface area contributed by atoms with Crippen molar-refractivity contribution in [1.29, 1.82) is 0 Å². The van der Waals surface area contributed by atoms with Crippen LogP contribution in [-0.4, -0.2) is 30.3 Å². The van der Waals surface area contributed by atoms with Gasteiger partial charge in [0.15, 0.2) is 0 Å². The summed E-state index contributed by atoms with van der Waals surface area (Å²) in [4.78, 5) is 11.0. The van der Waals surface area contributed by atoms with Crippen molar-refractivity contribution in [2.45, 2.75) is 43.4 Å². The van der Waals surface area contributed by atoms with Gasteiger partial charge in [-0.2, -0.15) is 0 Å². The molecule has 72 valence electrons. The van der Waals surface area contributed by atoms with Crippen LogP contribution in [0.15, 0.2) is 0 Å². The summed E-state index contributed by atoms with van der Waals surface area (Å²) >= 11 is 0. The van der Waals surface area contributed by atoms with Gasteiger partial charge in [-0.3, -0.25) is 0 Å². The Morgan fingerprint density at radius 3 is 2.54 bits per heavy atom. The smallest absolute Gasteiger partial charge is 0.407 e. The van der Waals surface area contributed by atoms with E-state index in [0.29, 0.717) is 18.6 Å². The van der Waals surface area contributed by atoms with E-state index in [4.69, 9.17) is 4.74 Å². The number of hydrogen-bond acceptors (Lipinski definition) is 3. The second kappa shape index (κ2) is 2.38. The molecule has 0 unspecified atom stereocenters. The van der Waals surface area contributed by atoms with Crippen molar-refractivity contribution < 1.29 is 9.53 Å². The van der Waals surface area contributed by atoms with E-state index in [-0.39, 0.29) is 11.7 Å². The van der Waals surface area contributed by atoms with Gasteiger partial charge in [-0.05, 0) is 12.8 Å². The maximum absolute atomic E-state index is 11.0. The molecule has 3 aliphatic rings. The molecule has 3 aliphatic heterocycles. The summed E-state index contributed by atoms with van der Waals surface area (Å²) in [6.07, 6.45) is 4.22. The number of nitrogens with one attached hydrogen (secondary N) is 2. The Kier molecular flexibility index (Phi) is 1.39. The van der Waals surface area contributed by atoms with Crippen LogP contribution in [0.1, 0.15) is 25.7 Å². The van der Waals surface area contributed by atoms with Gasteiger partial charge in [-0.1, -0.05) is 0 Å². The molecule has 3 heterocycles. The van der Waals surface area contributed by atoms with Gasteiger partial charge >= 0.3 is 6.09 Å². The molecule has 1 amide bonds. The minimum atomic E-state index is -0.235. The standard InChI is InChI=1S/C9H14N2O2/c12-8-10-5-9(13-8)3-6-1-2-7(4-9)11-6/h6-7,11H,1-5H2,(H,10,12)/t6-,7+,9+. The van der Waals surface area contributed by atoms with Gasteiger partial charge < -0.3 is 15.4 Å². The number of amides is 1. The molecular weight excluding hydrogens is 168 g/mol. The van der Waals surface area contributed by atoms with Gasteiger partial charge in [-0.25, -0.2) is 4.79 Å². The van der Waals surface area contributed by atoms with Crippen LogP contribution < -0.4 is 10.6 Å². The van der Waals surface area contributed by atoms with Crippen LogP contribution in [0.3, 0.4) is 0 Å². The first kappa shape index (κ1) is 7.62. The van der Waals surface area contributed by atoms with E-state index in [0.717, 1.165) is 12.8 Å². The summed E-state index contributed by atoms with van der Waals surface area (Å²) in [5.41, 5.74) is -0.172. The summed E-state index contributed by atoms with van der Waals surface area (Å²) in [6.45, 7) is 0.709. The molecule has 0 aromatic carbocycles. The van der Waals surface area contributed by atoms with Crippen molar-refractivity contribution in [3.05, 3.63) is 0 Å². The van der Waals surface area contributed by atoms with Crippen LogP contribution in [0.25, 0.3) is 0 Å². The average Bonchev–Trinajstić information content (AvgIpc) is 2.58. The molecule has 2 N–H and O–H groups in total. The van der Waals surface area contributed by atoms with Crippen molar-refractivity contribution in [2.75, 3.05) is 6.54 Å². The second-order valence-electron chi connectivity index (χ2n) is 4.47. The molecule has 0 radical (unpaired) electrons. The molecule has 2 bridgehead atoms. The fourth-order valence-corrected chi connectivity index (χ4v) is 2.94. The summed E-state index contributed by atoms with van der Waals surface area (Å²) in [5, 5.41) is 6.30. The SMILES string of the molecule is O=C1NC[C@@]2(C[C@H]3CC[C@@H](C2)N3)O1. The summed E-state index contributed by atoms with van der Waals surface area (Å²) in [7, 11) is 0. The largest absolute Gasteiger partial charge is 0.441 e. The lowest BCUT2D eigenvalue weighted by molar-refractivity contribution is 0.0161. The number of carbonyl (C=O) groups is 1. The van der Waals surface area contributed by atoms with E-state index in [1.54, 1.807) is 0 Å². The van der Waals surface area contributed by atoms with E-state index in [2.05, 4.69) is 10.6 Å². The lowest BCUT2D eigenvalue weighted by Crippen LogP contribution is -2.50. The zero-order chi connectivity index (χ0) is 8.89. The van der Waals surface area contributed by atoms with Gasteiger partial charge in [0.2, 0.25) is 0 Å². The Morgan fingerprint density at radius 2 is 2.00 bits per heavy atom.